The third kappa shape index (κ3) is 5.48. The molecule has 0 atom stereocenters. The number of carbonyl (C=O) groups excluding carboxylic acids is 1. The Morgan fingerprint density at radius 3 is 2.70 bits per heavy atom. The van der Waals surface area contributed by atoms with Crippen LogP contribution in [0, 0.1) is 13.8 Å². The molecule has 2 aromatic carbocycles. The molecule has 0 saturated carbocycles. The van der Waals surface area contributed by atoms with Gasteiger partial charge in [0.05, 0.1) is 10.7 Å². The molecule has 0 spiro atoms. The van der Waals surface area contributed by atoms with Crippen LogP contribution in [-0.4, -0.2) is 18.7 Å². The first-order valence-electron chi connectivity index (χ1n) is 6.92. The van der Waals surface area contributed by atoms with Gasteiger partial charge in [-0.1, -0.05) is 39.7 Å². The molecule has 0 unspecified atom stereocenters. The zero-order chi connectivity index (χ0) is 16.8. The Morgan fingerprint density at radius 2 is 2.00 bits per heavy atom. The van der Waals surface area contributed by atoms with Gasteiger partial charge in [-0.3, -0.25) is 4.79 Å². The molecule has 120 valence electrons. The van der Waals surface area contributed by atoms with Crippen LogP contribution in [0.1, 0.15) is 16.7 Å². The third-order valence-electron chi connectivity index (χ3n) is 3.07. The Morgan fingerprint density at radius 1 is 1.22 bits per heavy atom. The maximum absolute atomic E-state index is 11.7. The van der Waals surface area contributed by atoms with Crippen LogP contribution in [0.5, 0.6) is 5.75 Å². The molecule has 0 radical (unpaired) electrons. The number of amides is 1. The van der Waals surface area contributed by atoms with Crippen LogP contribution < -0.4 is 10.2 Å². The van der Waals surface area contributed by atoms with Crippen LogP contribution >= 0.6 is 31.9 Å². The lowest BCUT2D eigenvalue weighted by atomic mass is 10.1. The summed E-state index contributed by atoms with van der Waals surface area (Å²) in [5, 5.41) is 3.96. The third-order valence-corrected chi connectivity index (χ3v) is 4.18. The minimum absolute atomic E-state index is 0.107. The standard InChI is InChI=1S/C17H16Br2N2O2/c1-11-3-4-13(12(2)7-11)9-20-21-17(22)10-23-16-6-5-14(18)8-15(16)19/h3-9H,10H2,1-2H3,(H,21,22). The van der Waals surface area contributed by atoms with E-state index < -0.39 is 0 Å². The number of carbonyl (C=O) groups is 1. The van der Waals surface area contributed by atoms with Gasteiger partial charge in [-0.2, -0.15) is 5.10 Å². The summed E-state index contributed by atoms with van der Waals surface area (Å²) in [6.45, 7) is 3.93. The second-order valence-corrected chi connectivity index (χ2v) is 6.79. The first kappa shape index (κ1) is 17.7. The van der Waals surface area contributed by atoms with E-state index >= 15 is 0 Å². The fraction of sp³-hybridized carbons (Fsp3) is 0.176. The Labute approximate surface area is 152 Å². The van der Waals surface area contributed by atoms with Crippen LogP contribution in [0.2, 0.25) is 0 Å². The van der Waals surface area contributed by atoms with Crippen LogP contribution in [0.15, 0.2) is 50.4 Å². The highest BCUT2D eigenvalue weighted by atomic mass is 79.9. The number of ether oxygens (including phenoxy) is 1. The number of hydrogen-bond acceptors (Lipinski definition) is 3. The van der Waals surface area contributed by atoms with Gasteiger partial charge in [0.25, 0.3) is 5.91 Å². The number of nitrogens with zero attached hydrogens (tertiary/aromatic N) is 1. The molecule has 2 aromatic rings. The molecule has 0 aliphatic heterocycles. The smallest absolute Gasteiger partial charge is 0.277 e. The van der Waals surface area contributed by atoms with E-state index in [1.165, 1.54) is 5.56 Å². The van der Waals surface area contributed by atoms with Gasteiger partial charge >= 0.3 is 0 Å². The normalized spacial score (nSPS) is 10.8. The van der Waals surface area contributed by atoms with E-state index in [1.54, 1.807) is 12.3 Å². The molecule has 0 aliphatic rings. The number of hydrogen-bond donors (Lipinski definition) is 1. The molecule has 0 aromatic heterocycles. The SMILES string of the molecule is Cc1ccc(C=NNC(=O)COc2ccc(Br)cc2Br)c(C)c1. The van der Waals surface area contributed by atoms with Crippen LogP contribution in [0.4, 0.5) is 0 Å². The van der Waals surface area contributed by atoms with Crippen LogP contribution in [0.25, 0.3) is 0 Å². The number of rotatable bonds is 5. The Bertz CT molecular complexity index is 745. The summed E-state index contributed by atoms with van der Waals surface area (Å²) in [5.41, 5.74) is 5.72. The van der Waals surface area contributed by atoms with Crippen molar-refractivity contribution in [2.75, 3.05) is 6.61 Å². The van der Waals surface area contributed by atoms with E-state index in [-0.39, 0.29) is 12.5 Å². The number of halogens is 2. The predicted molar refractivity (Wildman–Crippen MR) is 99.0 cm³/mol. The van der Waals surface area contributed by atoms with Crippen molar-refractivity contribution in [2.45, 2.75) is 13.8 Å². The topological polar surface area (TPSA) is 50.7 Å². The van der Waals surface area contributed by atoms with Crippen molar-refractivity contribution < 1.29 is 9.53 Å². The zero-order valence-corrected chi connectivity index (χ0v) is 15.9. The summed E-state index contributed by atoms with van der Waals surface area (Å²) in [4.78, 5) is 11.7. The highest BCUT2D eigenvalue weighted by Crippen LogP contribution is 2.28. The first-order valence-corrected chi connectivity index (χ1v) is 8.51. The van der Waals surface area contributed by atoms with E-state index in [0.717, 1.165) is 20.1 Å². The van der Waals surface area contributed by atoms with Crippen molar-refractivity contribution >= 4 is 44.0 Å². The average Bonchev–Trinajstić information content (AvgIpc) is 2.48. The lowest BCUT2D eigenvalue weighted by molar-refractivity contribution is -0.123. The van der Waals surface area contributed by atoms with Crippen LogP contribution in [0.3, 0.4) is 0 Å². The van der Waals surface area contributed by atoms with Crippen molar-refractivity contribution in [3.8, 4) is 5.75 Å². The molecule has 4 nitrogen and oxygen atoms in total. The van der Waals surface area contributed by atoms with Gasteiger partial charge in [0.1, 0.15) is 5.75 Å². The molecular weight excluding hydrogens is 424 g/mol. The summed E-state index contributed by atoms with van der Waals surface area (Å²) in [6.07, 6.45) is 1.63. The van der Waals surface area contributed by atoms with Gasteiger partial charge in [-0.25, -0.2) is 5.43 Å². The molecule has 6 heteroatoms. The summed E-state index contributed by atoms with van der Waals surface area (Å²) in [6, 6.07) is 11.5. The van der Waals surface area contributed by atoms with E-state index in [9.17, 15) is 4.79 Å². The minimum Gasteiger partial charge on any atom is -0.483 e. The molecule has 0 heterocycles. The summed E-state index contributed by atoms with van der Waals surface area (Å²) >= 11 is 6.74. The molecule has 0 bridgehead atoms. The molecule has 1 N–H and O–H groups in total. The summed E-state index contributed by atoms with van der Waals surface area (Å²) in [5.74, 6) is 0.280. The van der Waals surface area contributed by atoms with Crippen molar-refractivity contribution in [1.29, 1.82) is 0 Å². The van der Waals surface area contributed by atoms with E-state index in [2.05, 4.69) is 48.5 Å². The fourth-order valence-electron chi connectivity index (χ4n) is 1.91. The molecule has 23 heavy (non-hydrogen) atoms. The fourth-order valence-corrected chi connectivity index (χ4v) is 3.07. The highest BCUT2D eigenvalue weighted by molar-refractivity contribution is 9.11. The van der Waals surface area contributed by atoms with Crippen molar-refractivity contribution in [3.05, 3.63) is 62.0 Å². The lowest BCUT2D eigenvalue weighted by Gasteiger charge is -2.07. The molecule has 0 fully saturated rings. The second kappa shape index (κ2) is 8.26. The number of benzene rings is 2. The molecule has 0 aliphatic carbocycles. The Balaban J connectivity index is 1.86. The highest BCUT2D eigenvalue weighted by Gasteiger charge is 2.05. The number of nitrogens with one attached hydrogen (secondary N) is 1. The van der Waals surface area contributed by atoms with E-state index in [0.29, 0.717) is 5.75 Å². The van der Waals surface area contributed by atoms with Gasteiger partial charge in [-0.15, -0.1) is 0 Å². The van der Waals surface area contributed by atoms with E-state index in [4.69, 9.17) is 4.74 Å². The maximum atomic E-state index is 11.7. The monoisotopic (exact) mass is 438 g/mol. The van der Waals surface area contributed by atoms with Crippen molar-refractivity contribution in [2.24, 2.45) is 5.10 Å². The maximum Gasteiger partial charge on any atom is 0.277 e. The average molecular weight is 440 g/mol. The first-order chi connectivity index (χ1) is 11.0. The van der Waals surface area contributed by atoms with Crippen molar-refractivity contribution in [3.63, 3.8) is 0 Å². The Hall–Kier alpha value is -1.66. The minimum atomic E-state index is -0.319. The van der Waals surface area contributed by atoms with Gasteiger partial charge in [0.15, 0.2) is 6.61 Å². The van der Waals surface area contributed by atoms with Gasteiger partial charge in [0.2, 0.25) is 0 Å². The number of hydrazone groups is 1. The van der Waals surface area contributed by atoms with Crippen LogP contribution in [-0.2, 0) is 4.79 Å². The van der Waals surface area contributed by atoms with Gasteiger partial charge < -0.3 is 4.74 Å². The largest absolute Gasteiger partial charge is 0.483 e. The molecule has 1 amide bonds. The van der Waals surface area contributed by atoms with Crippen molar-refractivity contribution in [1.82, 2.24) is 5.43 Å². The van der Waals surface area contributed by atoms with Gasteiger partial charge in [0, 0.05) is 4.47 Å². The zero-order valence-electron chi connectivity index (χ0n) is 12.8. The predicted octanol–water partition coefficient (Wildman–Crippen LogP) is 4.36. The number of aryl methyl sites for hydroxylation is 2. The molecular formula is C17H16Br2N2O2. The summed E-state index contributed by atoms with van der Waals surface area (Å²) in [7, 11) is 0. The quantitative estimate of drug-likeness (QED) is 0.555. The lowest BCUT2D eigenvalue weighted by Crippen LogP contribution is -2.24. The molecule has 2 rings (SSSR count). The van der Waals surface area contributed by atoms with E-state index in [1.807, 2.05) is 38.1 Å². The summed E-state index contributed by atoms with van der Waals surface area (Å²) < 4.78 is 7.15. The Kier molecular flexibility index (Phi) is 6.36. The second-order valence-electron chi connectivity index (χ2n) is 5.02. The van der Waals surface area contributed by atoms with Gasteiger partial charge in [-0.05, 0) is 59.1 Å². The molecule has 0 saturated heterocycles.